The highest BCUT2D eigenvalue weighted by Gasteiger charge is 2.17. The summed E-state index contributed by atoms with van der Waals surface area (Å²) in [5.41, 5.74) is 3.36. The van der Waals surface area contributed by atoms with Gasteiger partial charge in [0, 0.05) is 0 Å². The first-order chi connectivity index (χ1) is 8.15. The molecule has 0 aliphatic rings. The summed E-state index contributed by atoms with van der Waals surface area (Å²) < 4.78 is 1.76. The predicted molar refractivity (Wildman–Crippen MR) is 64.9 cm³/mol. The molecule has 1 aromatic heterocycles. The molecule has 0 bridgehead atoms. The first-order valence-corrected chi connectivity index (χ1v) is 5.57. The van der Waals surface area contributed by atoms with E-state index in [1.54, 1.807) is 4.68 Å². The molecule has 0 aliphatic heterocycles. The molecule has 0 radical (unpaired) electrons. The first kappa shape index (κ1) is 11.3. The highest BCUT2D eigenvalue weighted by Crippen LogP contribution is 2.22. The molecule has 86 valence electrons. The minimum Gasteiger partial charge on any atom is -0.216 e. The molecule has 0 N–H and O–H groups in total. The second-order valence-electron chi connectivity index (χ2n) is 4.29. The van der Waals surface area contributed by atoms with Gasteiger partial charge in [0.2, 0.25) is 0 Å². The average molecular weight is 226 g/mol. The lowest BCUT2D eigenvalue weighted by atomic mass is 10.1. The van der Waals surface area contributed by atoms with Gasteiger partial charge >= 0.3 is 0 Å². The fourth-order valence-corrected chi connectivity index (χ4v) is 1.87. The number of hydrogen-bond donors (Lipinski definition) is 0. The Morgan fingerprint density at radius 2 is 2.00 bits per heavy atom. The number of aryl methyl sites for hydroxylation is 1. The highest BCUT2D eigenvalue weighted by atomic mass is 15.4. The second-order valence-corrected chi connectivity index (χ2v) is 4.29. The molecule has 0 saturated heterocycles. The molecule has 2 aromatic rings. The van der Waals surface area contributed by atoms with Gasteiger partial charge in [0.15, 0.2) is 5.69 Å². The van der Waals surface area contributed by atoms with Crippen molar-refractivity contribution in [1.82, 2.24) is 15.0 Å². The molecule has 2 rings (SSSR count). The summed E-state index contributed by atoms with van der Waals surface area (Å²) in [6.07, 6.45) is 0. The Morgan fingerprint density at radius 1 is 1.29 bits per heavy atom. The zero-order valence-electron chi connectivity index (χ0n) is 10.2. The average Bonchev–Trinajstić information content (AvgIpc) is 2.73. The first-order valence-electron chi connectivity index (χ1n) is 5.57. The Morgan fingerprint density at radius 3 is 2.59 bits per heavy atom. The van der Waals surface area contributed by atoms with Crippen LogP contribution in [0, 0.1) is 18.3 Å². The topological polar surface area (TPSA) is 54.5 Å². The van der Waals surface area contributed by atoms with Gasteiger partial charge < -0.3 is 0 Å². The second kappa shape index (κ2) is 4.38. The number of nitriles is 1. The van der Waals surface area contributed by atoms with Gasteiger partial charge in [0.1, 0.15) is 6.07 Å². The Bertz CT molecular complexity index is 575. The van der Waals surface area contributed by atoms with Gasteiger partial charge in [0.25, 0.3) is 0 Å². The van der Waals surface area contributed by atoms with Crippen LogP contribution in [0.1, 0.15) is 36.7 Å². The van der Waals surface area contributed by atoms with E-state index in [-0.39, 0.29) is 5.92 Å². The van der Waals surface area contributed by atoms with Crippen molar-refractivity contribution in [3.8, 4) is 11.8 Å². The van der Waals surface area contributed by atoms with E-state index in [0.29, 0.717) is 5.69 Å². The van der Waals surface area contributed by atoms with E-state index in [1.165, 1.54) is 0 Å². The van der Waals surface area contributed by atoms with E-state index in [0.717, 1.165) is 16.9 Å². The number of aromatic nitrogens is 3. The van der Waals surface area contributed by atoms with Crippen LogP contribution in [0.4, 0.5) is 0 Å². The molecule has 1 heterocycles. The summed E-state index contributed by atoms with van der Waals surface area (Å²) in [7, 11) is 0. The normalized spacial score (nSPS) is 10.5. The molecule has 4 nitrogen and oxygen atoms in total. The van der Waals surface area contributed by atoms with E-state index in [2.05, 4.69) is 16.4 Å². The fraction of sp³-hybridized carbons (Fsp3) is 0.308. The highest BCUT2D eigenvalue weighted by molar-refractivity contribution is 5.43. The van der Waals surface area contributed by atoms with Crippen molar-refractivity contribution in [2.45, 2.75) is 26.7 Å². The van der Waals surface area contributed by atoms with Crippen molar-refractivity contribution >= 4 is 0 Å². The lowest BCUT2D eigenvalue weighted by molar-refractivity contribution is 0.712. The van der Waals surface area contributed by atoms with Crippen LogP contribution in [-0.2, 0) is 0 Å². The summed E-state index contributed by atoms with van der Waals surface area (Å²) in [5.74, 6) is 0.208. The van der Waals surface area contributed by atoms with Crippen molar-refractivity contribution in [2.75, 3.05) is 0 Å². The maximum atomic E-state index is 9.03. The summed E-state index contributed by atoms with van der Waals surface area (Å²) >= 11 is 0. The molecule has 4 heteroatoms. The van der Waals surface area contributed by atoms with E-state index < -0.39 is 0 Å². The van der Waals surface area contributed by atoms with Crippen LogP contribution >= 0.6 is 0 Å². The quantitative estimate of drug-likeness (QED) is 0.790. The van der Waals surface area contributed by atoms with E-state index in [1.807, 2.05) is 45.0 Å². The summed E-state index contributed by atoms with van der Waals surface area (Å²) in [5, 5.41) is 17.0. The minimum atomic E-state index is 0.208. The van der Waals surface area contributed by atoms with Crippen molar-refractivity contribution in [3.63, 3.8) is 0 Å². The van der Waals surface area contributed by atoms with Crippen LogP contribution in [0.3, 0.4) is 0 Å². The Kier molecular flexibility index (Phi) is 2.92. The van der Waals surface area contributed by atoms with Crippen molar-refractivity contribution in [3.05, 3.63) is 41.2 Å². The standard InChI is InChI=1S/C13H14N4/c1-9(2)13-11(8-14)15-16-17(13)12-7-5-4-6-10(12)3/h4-7,9H,1-3H3. The zero-order valence-corrected chi connectivity index (χ0v) is 10.2. The van der Waals surface area contributed by atoms with Crippen LogP contribution in [0.5, 0.6) is 0 Å². The van der Waals surface area contributed by atoms with Gasteiger partial charge in [0.05, 0.1) is 11.4 Å². The molecular weight excluding hydrogens is 212 g/mol. The van der Waals surface area contributed by atoms with Gasteiger partial charge in [-0.15, -0.1) is 5.10 Å². The molecule has 1 aromatic carbocycles. The zero-order chi connectivity index (χ0) is 12.4. The van der Waals surface area contributed by atoms with Crippen molar-refractivity contribution < 1.29 is 0 Å². The van der Waals surface area contributed by atoms with E-state index in [9.17, 15) is 0 Å². The minimum absolute atomic E-state index is 0.208. The van der Waals surface area contributed by atoms with Crippen LogP contribution in [0.2, 0.25) is 0 Å². The number of para-hydroxylation sites is 1. The van der Waals surface area contributed by atoms with Crippen LogP contribution < -0.4 is 0 Å². The predicted octanol–water partition coefficient (Wildman–Crippen LogP) is 2.57. The molecule has 0 spiro atoms. The molecule has 17 heavy (non-hydrogen) atoms. The summed E-state index contributed by atoms with van der Waals surface area (Å²) in [4.78, 5) is 0. The van der Waals surface area contributed by atoms with Crippen LogP contribution in [0.25, 0.3) is 5.69 Å². The van der Waals surface area contributed by atoms with Crippen molar-refractivity contribution in [2.24, 2.45) is 0 Å². The fourth-order valence-electron chi connectivity index (χ4n) is 1.87. The maximum Gasteiger partial charge on any atom is 0.186 e. The molecular formula is C13H14N4. The molecule has 0 unspecified atom stereocenters. The SMILES string of the molecule is Cc1ccccc1-n1nnc(C#N)c1C(C)C. The molecule has 0 aliphatic carbocycles. The molecule has 0 saturated carbocycles. The number of benzene rings is 1. The van der Waals surface area contributed by atoms with Gasteiger partial charge in [-0.25, -0.2) is 4.68 Å². The van der Waals surface area contributed by atoms with Crippen molar-refractivity contribution in [1.29, 1.82) is 5.26 Å². The van der Waals surface area contributed by atoms with Crippen LogP contribution in [0.15, 0.2) is 24.3 Å². The smallest absolute Gasteiger partial charge is 0.186 e. The number of nitrogens with zero attached hydrogens (tertiary/aromatic N) is 4. The number of rotatable bonds is 2. The van der Waals surface area contributed by atoms with E-state index >= 15 is 0 Å². The van der Waals surface area contributed by atoms with E-state index in [4.69, 9.17) is 5.26 Å². The lowest BCUT2D eigenvalue weighted by Crippen LogP contribution is -2.06. The summed E-state index contributed by atoms with van der Waals surface area (Å²) in [6, 6.07) is 10.0. The Balaban J connectivity index is 2.66. The third-order valence-electron chi connectivity index (χ3n) is 2.70. The Hall–Kier alpha value is -2.15. The third kappa shape index (κ3) is 1.92. The molecule has 0 atom stereocenters. The number of hydrogen-bond acceptors (Lipinski definition) is 3. The van der Waals surface area contributed by atoms with Gasteiger partial charge in [-0.2, -0.15) is 5.26 Å². The summed E-state index contributed by atoms with van der Waals surface area (Å²) in [6.45, 7) is 6.09. The molecule has 0 fully saturated rings. The molecule has 0 amide bonds. The monoisotopic (exact) mass is 226 g/mol. The Labute approximate surface area is 101 Å². The van der Waals surface area contributed by atoms with Crippen LogP contribution in [-0.4, -0.2) is 15.0 Å². The third-order valence-corrected chi connectivity index (χ3v) is 2.70. The van der Waals surface area contributed by atoms with Gasteiger partial charge in [-0.3, -0.25) is 0 Å². The van der Waals surface area contributed by atoms with Gasteiger partial charge in [-0.05, 0) is 24.5 Å². The largest absolute Gasteiger partial charge is 0.216 e. The lowest BCUT2D eigenvalue weighted by Gasteiger charge is -2.11. The maximum absolute atomic E-state index is 9.03. The van der Waals surface area contributed by atoms with Gasteiger partial charge in [-0.1, -0.05) is 37.3 Å².